The Morgan fingerprint density at radius 3 is 2.26 bits per heavy atom. The molecule has 0 radical (unpaired) electrons. The van der Waals surface area contributed by atoms with Crippen molar-refractivity contribution in [2.24, 2.45) is 0 Å². The van der Waals surface area contributed by atoms with Crippen LogP contribution in [0, 0.1) is 0 Å². The standard InChI is InChI=1S/C26H27N3O4S/c1-2-34(32,33)23-15-9-19(10-16-23)18-25(30)28-21-13-11-20(12-14-21)26(31)29(22-6-5-7-22)24-8-3-4-17-27-24/h3-4,8-17,22H,2,5-7,18H2,1H3,(H,28,30). The molecular formula is C26H27N3O4S. The highest BCUT2D eigenvalue weighted by Crippen LogP contribution is 2.30. The minimum atomic E-state index is -3.27. The van der Waals surface area contributed by atoms with E-state index in [9.17, 15) is 18.0 Å². The molecule has 1 aliphatic carbocycles. The number of benzene rings is 2. The summed E-state index contributed by atoms with van der Waals surface area (Å²) in [5.41, 5.74) is 1.83. The summed E-state index contributed by atoms with van der Waals surface area (Å²) in [4.78, 5) is 32.1. The predicted octanol–water partition coefficient (Wildman–Crippen LogP) is 4.26. The van der Waals surface area contributed by atoms with Gasteiger partial charge in [0, 0.05) is 23.5 Å². The van der Waals surface area contributed by atoms with Crippen LogP contribution >= 0.6 is 0 Å². The van der Waals surface area contributed by atoms with Crippen molar-refractivity contribution < 1.29 is 18.0 Å². The third-order valence-electron chi connectivity index (χ3n) is 6.00. The average Bonchev–Trinajstić information content (AvgIpc) is 2.82. The van der Waals surface area contributed by atoms with Gasteiger partial charge in [-0.25, -0.2) is 13.4 Å². The molecule has 1 aliphatic rings. The molecule has 1 aromatic heterocycles. The Labute approximate surface area is 199 Å². The van der Waals surface area contributed by atoms with E-state index in [1.165, 1.54) is 12.1 Å². The minimum Gasteiger partial charge on any atom is -0.326 e. The van der Waals surface area contributed by atoms with E-state index in [0.717, 1.165) is 19.3 Å². The molecule has 1 heterocycles. The van der Waals surface area contributed by atoms with Crippen molar-refractivity contribution in [3.8, 4) is 0 Å². The highest BCUT2D eigenvalue weighted by Gasteiger charge is 2.31. The number of amides is 2. The zero-order valence-electron chi connectivity index (χ0n) is 19.0. The summed E-state index contributed by atoms with van der Waals surface area (Å²) in [7, 11) is -3.27. The molecule has 7 nitrogen and oxygen atoms in total. The van der Waals surface area contributed by atoms with Gasteiger partial charge in [-0.3, -0.25) is 14.5 Å². The molecule has 1 N–H and O–H groups in total. The van der Waals surface area contributed by atoms with Crippen LogP contribution in [0.5, 0.6) is 0 Å². The predicted molar refractivity (Wildman–Crippen MR) is 132 cm³/mol. The van der Waals surface area contributed by atoms with Crippen LogP contribution in [-0.4, -0.2) is 37.0 Å². The van der Waals surface area contributed by atoms with Gasteiger partial charge in [0.25, 0.3) is 5.91 Å². The van der Waals surface area contributed by atoms with Gasteiger partial charge in [-0.2, -0.15) is 0 Å². The lowest BCUT2D eigenvalue weighted by Crippen LogP contribution is -2.45. The maximum absolute atomic E-state index is 13.2. The summed E-state index contributed by atoms with van der Waals surface area (Å²) in [6.45, 7) is 1.60. The lowest BCUT2D eigenvalue weighted by molar-refractivity contribution is -0.115. The van der Waals surface area contributed by atoms with E-state index in [2.05, 4.69) is 10.3 Å². The number of nitrogens with zero attached hydrogens (tertiary/aromatic N) is 2. The number of pyridine rings is 1. The largest absolute Gasteiger partial charge is 0.326 e. The number of aromatic nitrogens is 1. The topological polar surface area (TPSA) is 96.4 Å². The number of sulfone groups is 1. The summed E-state index contributed by atoms with van der Waals surface area (Å²) < 4.78 is 23.8. The molecule has 0 bridgehead atoms. The van der Waals surface area contributed by atoms with Crippen LogP contribution in [0.25, 0.3) is 0 Å². The molecule has 0 atom stereocenters. The first-order chi connectivity index (χ1) is 16.4. The summed E-state index contributed by atoms with van der Waals surface area (Å²) in [5.74, 6) is 0.344. The molecule has 2 amide bonds. The van der Waals surface area contributed by atoms with Gasteiger partial charge in [-0.1, -0.05) is 25.1 Å². The molecular weight excluding hydrogens is 450 g/mol. The maximum Gasteiger partial charge on any atom is 0.259 e. The van der Waals surface area contributed by atoms with Gasteiger partial charge < -0.3 is 5.32 Å². The summed E-state index contributed by atoms with van der Waals surface area (Å²) >= 11 is 0. The van der Waals surface area contributed by atoms with Crippen molar-refractivity contribution in [1.29, 1.82) is 0 Å². The van der Waals surface area contributed by atoms with Crippen molar-refractivity contribution in [2.75, 3.05) is 16.0 Å². The van der Waals surface area contributed by atoms with Crippen LogP contribution in [0.3, 0.4) is 0 Å². The molecule has 0 saturated heterocycles. The second kappa shape index (κ2) is 10.2. The first-order valence-electron chi connectivity index (χ1n) is 11.3. The van der Waals surface area contributed by atoms with Crippen molar-refractivity contribution >= 4 is 33.2 Å². The van der Waals surface area contributed by atoms with Crippen molar-refractivity contribution in [2.45, 2.75) is 43.5 Å². The molecule has 3 aromatic rings. The monoisotopic (exact) mass is 477 g/mol. The number of carbonyl (C=O) groups excluding carboxylic acids is 2. The van der Waals surface area contributed by atoms with Gasteiger partial charge in [0.05, 0.1) is 17.1 Å². The van der Waals surface area contributed by atoms with Crippen molar-refractivity contribution in [3.05, 3.63) is 84.1 Å². The Morgan fingerprint density at radius 1 is 1.00 bits per heavy atom. The highest BCUT2D eigenvalue weighted by atomic mass is 32.2. The third kappa shape index (κ3) is 5.34. The van der Waals surface area contributed by atoms with Crippen LogP contribution in [0.4, 0.5) is 11.5 Å². The normalized spacial score (nSPS) is 13.7. The summed E-state index contributed by atoms with van der Waals surface area (Å²) in [5, 5.41) is 2.82. The molecule has 4 rings (SSSR count). The lowest BCUT2D eigenvalue weighted by atomic mass is 9.91. The lowest BCUT2D eigenvalue weighted by Gasteiger charge is -2.36. The summed E-state index contributed by atoms with van der Waals surface area (Å²) in [6, 6.07) is 18.9. The van der Waals surface area contributed by atoms with E-state index in [0.29, 0.717) is 22.6 Å². The van der Waals surface area contributed by atoms with Crippen molar-refractivity contribution in [3.63, 3.8) is 0 Å². The van der Waals surface area contributed by atoms with E-state index in [-0.39, 0.29) is 34.9 Å². The quantitative estimate of drug-likeness (QED) is 0.523. The van der Waals surface area contributed by atoms with E-state index in [4.69, 9.17) is 0 Å². The van der Waals surface area contributed by atoms with Crippen molar-refractivity contribution in [1.82, 2.24) is 4.98 Å². The number of nitrogens with one attached hydrogen (secondary N) is 1. The fraction of sp³-hybridized carbons (Fsp3) is 0.269. The Kier molecular flexibility index (Phi) is 7.07. The van der Waals surface area contributed by atoms with Crippen LogP contribution in [0.2, 0.25) is 0 Å². The second-order valence-corrected chi connectivity index (χ2v) is 10.6. The van der Waals surface area contributed by atoms with E-state index >= 15 is 0 Å². The smallest absolute Gasteiger partial charge is 0.259 e. The third-order valence-corrected chi connectivity index (χ3v) is 7.75. The zero-order valence-corrected chi connectivity index (χ0v) is 19.8. The molecule has 8 heteroatoms. The van der Waals surface area contributed by atoms with Crippen LogP contribution < -0.4 is 10.2 Å². The molecule has 0 unspecified atom stereocenters. The fourth-order valence-electron chi connectivity index (χ4n) is 3.81. The number of carbonyl (C=O) groups is 2. The maximum atomic E-state index is 13.2. The molecule has 0 aliphatic heterocycles. The minimum absolute atomic E-state index is 0.0333. The van der Waals surface area contributed by atoms with Gasteiger partial charge in [-0.05, 0) is 73.4 Å². The molecule has 0 spiro atoms. The second-order valence-electron chi connectivity index (χ2n) is 8.30. The summed E-state index contributed by atoms with van der Waals surface area (Å²) in [6.07, 6.45) is 4.82. The highest BCUT2D eigenvalue weighted by molar-refractivity contribution is 7.91. The van der Waals surface area contributed by atoms with Gasteiger partial charge in [0.1, 0.15) is 5.82 Å². The Hall–Kier alpha value is -3.52. The molecule has 1 saturated carbocycles. The zero-order chi connectivity index (χ0) is 24.1. The number of rotatable bonds is 8. The average molecular weight is 478 g/mol. The van der Waals surface area contributed by atoms with Gasteiger partial charge in [0.15, 0.2) is 9.84 Å². The molecule has 176 valence electrons. The fourth-order valence-corrected chi connectivity index (χ4v) is 4.69. The van der Waals surface area contributed by atoms with E-state index in [1.807, 2.05) is 18.2 Å². The Morgan fingerprint density at radius 2 is 1.71 bits per heavy atom. The van der Waals surface area contributed by atoms with Crippen LogP contribution in [0.15, 0.2) is 77.8 Å². The van der Waals surface area contributed by atoms with Gasteiger partial charge in [0.2, 0.25) is 5.91 Å². The first-order valence-corrected chi connectivity index (χ1v) is 13.0. The van der Waals surface area contributed by atoms with Gasteiger partial charge >= 0.3 is 0 Å². The Bertz CT molecular complexity index is 1250. The number of hydrogen-bond acceptors (Lipinski definition) is 5. The SMILES string of the molecule is CCS(=O)(=O)c1ccc(CC(=O)Nc2ccc(C(=O)N(c3ccccn3)C3CCC3)cc2)cc1. The van der Waals surface area contributed by atoms with Gasteiger partial charge in [-0.15, -0.1) is 0 Å². The molecule has 34 heavy (non-hydrogen) atoms. The van der Waals surface area contributed by atoms with E-state index < -0.39 is 9.84 Å². The van der Waals surface area contributed by atoms with E-state index in [1.54, 1.807) is 54.4 Å². The molecule has 2 aromatic carbocycles. The first kappa shape index (κ1) is 23.6. The van der Waals surface area contributed by atoms with Crippen LogP contribution in [0.1, 0.15) is 42.1 Å². The Balaban J connectivity index is 1.40. The number of hydrogen-bond donors (Lipinski definition) is 1. The molecule has 1 fully saturated rings. The number of anilines is 2. The van der Waals surface area contributed by atoms with Crippen LogP contribution in [-0.2, 0) is 21.1 Å².